The standard InChI is InChI=1S/C10H7F3O5S/c11-10(12,13)5-1-2-19-8(5)4(3-6(14)15)7(16)9(17)18/h1-2,4H,3H2,(H,14,15)(H,17,18). The molecule has 0 saturated carbocycles. The monoisotopic (exact) mass is 296 g/mol. The Hall–Kier alpha value is -1.90. The minimum Gasteiger partial charge on any atom is -0.481 e. The number of carboxylic acids is 2. The lowest BCUT2D eigenvalue weighted by Crippen LogP contribution is -2.25. The maximum absolute atomic E-state index is 12.6. The number of hydrogen-bond donors (Lipinski definition) is 2. The molecule has 9 heteroatoms. The van der Waals surface area contributed by atoms with Crippen molar-refractivity contribution >= 4 is 29.1 Å². The summed E-state index contributed by atoms with van der Waals surface area (Å²) in [4.78, 5) is 31.9. The lowest BCUT2D eigenvalue weighted by atomic mass is 9.95. The average molecular weight is 296 g/mol. The molecular formula is C10H7F3O5S. The predicted molar refractivity (Wildman–Crippen MR) is 57.0 cm³/mol. The molecule has 0 aliphatic heterocycles. The van der Waals surface area contributed by atoms with Crippen molar-refractivity contribution in [2.24, 2.45) is 0 Å². The normalized spacial score (nSPS) is 13.0. The van der Waals surface area contributed by atoms with Crippen molar-refractivity contribution in [2.45, 2.75) is 18.5 Å². The van der Waals surface area contributed by atoms with Crippen LogP contribution in [-0.4, -0.2) is 27.9 Å². The molecule has 1 atom stereocenters. The molecule has 0 aromatic carbocycles. The van der Waals surface area contributed by atoms with E-state index in [1.54, 1.807) is 0 Å². The molecule has 1 heterocycles. The van der Waals surface area contributed by atoms with Crippen molar-refractivity contribution in [2.75, 3.05) is 0 Å². The molecule has 5 nitrogen and oxygen atoms in total. The second-order valence-corrected chi connectivity index (χ2v) is 4.46. The maximum Gasteiger partial charge on any atom is 0.417 e. The predicted octanol–water partition coefficient (Wildman–Crippen LogP) is 1.98. The van der Waals surface area contributed by atoms with Gasteiger partial charge in [0.05, 0.1) is 17.9 Å². The summed E-state index contributed by atoms with van der Waals surface area (Å²) in [5, 5.41) is 18.2. The van der Waals surface area contributed by atoms with Crippen LogP contribution in [0.1, 0.15) is 22.8 Å². The van der Waals surface area contributed by atoms with Gasteiger partial charge < -0.3 is 10.2 Å². The third-order valence-electron chi connectivity index (χ3n) is 2.22. The fourth-order valence-electron chi connectivity index (χ4n) is 1.45. The Bertz CT molecular complexity index is 519. The van der Waals surface area contributed by atoms with E-state index in [9.17, 15) is 27.6 Å². The average Bonchev–Trinajstić information content (AvgIpc) is 2.72. The zero-order valence-electron chi connectivity index (χ0n) is 9.10. The Kier molecular flexibility index (Phi) is 4.30. The minimum absolute atomic E-state index is 0.505. The first-order valence-electron chi connectivity index (χ1n) is 4.78. The van der Waals surface area contributed by atoms with Gasteiger partial charge in [-0.1, -0.05) is 0 Å². The van der Waals surface area contributed by atoms with Crippen LogP contribution in [0, 0.1) is 0 Å². The first kappa shape index (κ1) is 15.2. The molecule has 1 rings (SSSR count). The Labute approximate surface area is 108 Å². The van der Waals surface area contributed by atoms with E-state index < -0.39 is 46.7 Å². The van der Waals surface area contributed by atoms with Crippen LogP contribution < -0.4 is 0 Å². The van der Waals surface area contributed by atoms with Crippen LogP contribution in [-0.2, 0) is 20.6 Å². The zero-order chi connectivity index (χ0) is 14.8. The Morgan fingerprint density at radius 3 is 2.26 bits per heavy atom. The van der Waals surface area contributed by atoms with E-state index in [1.807, 2.05) is 0 Å². The van der Waals surface area contributed by atoms with E-state index in [0.717, 1.165) is 5.38 Å². The van der Waals surface area contributed by atoms with E-state index in [4.69, 9.17) is 10.2 Å². The maximum atomic E-state index is 12.6. The third kappa shape index (κ3) is 3.53. The lowest BCUT2D eigenvalue weighted by molar-refractivity contribution is -0.151. The van der Waals surface area contributed by atoms with Crippen molar-refractivity contribution in [3.63, 3.8) is 0 Å². The summed E-state index contributed by atoms with van der Waals surface area (Å²) < 4.78 is 37.9. The number of aliphatic carboxylic acids is 2. The molecule has 1 aromatic rings. The SMILES string of the molecule is O=C(O)CC(C(=O)C(=O)O)c1sccc1C(F)(F)F. The fourth-order valence-corrected chi connectivity index (χ4v) is 2.47. The fraction of sp³-hybridized carbons (Fsp3) is 0.300. The minimum atomic E-state index is -4.77. The first-order chi connectivity index (χ1) is 8.64. The Morgan fingerprint density at radius 2 is 1.84 bits per heavy atom. The summed E-state index contributed by atoms with van der Waals surface area (Å²) in [7, 11) is 0. The molecule has 0 bridgehead atoms. The number of thiophene rings is 1. The molecule has 0 aliphatic carbocycles. The van der Waals surface area contributed by atoms with Gasteiger partial charge in [-0.05, 0) is 11.4 Å². The Balaban J connectivity index is 3.26. The molecule has 2 N–H and O–H groups in total. The van der Waals surface area contributed by atoms with Gasteiger partial charge in [0.15, 0.2) is 0 Å². The number of carbonyl (C=O) groups is 3. The number of Topliss-reactive ketones (excluding diaryl/α,β-unsaturated/α-hetero) is 1. The van der Waals surface area contributed by atoms with Gasteiger partial charge in [0.25, 0.3) is 0 Å². The van der Waals surface area contributed by atoms with Crippen molar-refractivity contribution in [1.82, 2.24) is 0 Å². The largest absolute Gasteiger partial charge is 0.481 e. The van der Waals surface area contributed by atoms with Gasteiger partial charge in [0.1, 0.15) is 0 Å². The number of hydrogen-bond acceptors (Lipinski definition) is 4. The summed E-state index contributed by atoms with van der Waals surface area (Å²) in [6.07, 6.45) is -5.78. The zero-order valence-corrected chi connectivity index (χ0v) is 9.92. The van der Waals surface area contributed by atoms with Crippen LogP contribution >= 0.6 is 11.3 Å². The van der Waals surface area contributed by atoms with E-state index in [2.05, 4.69) is 0 Å². The molecule has 0 fully saturated rings. The molecule has 0 amide bonds. The number of carboxylic acid groups (broad SMARTS) is 2. The quantitative estimate of drug-likeness (QED) is 0.811. The topological polar surface area (TPSA) is 91.7 Å². The highest BCUT2D eigenvalue weighted by Crippen LogP contribution is 2.39. The van der Waals surface area contributed by atoms with Gasteiger partial charge in [-0.15, -0.1) is 11.3 Å². The molecule has 0 aliphatic rings. The summed E-state index contributed by atoms with van der Waals surface area (Å²) in [5.74, 6) is -6.93. The van der Waals surface area contributed by atoms with Crippen LogP contribution in [0.4, 0.5) is 13.2 Å². The van der Waals surface area contributed by atoms with E-state index in [-0.39, 0.29) is 0 Å². The van der Waals surface area contributed by atoms with Gasteiger partial charge >= 0.3 is 18.1 Å². The van der Waals surface area contributed by atoms with Crippen molar-refractivity contribution in [3.8, 4) is 0 Å². The molecule has 0 spiro atoms. The summed E-state index contributed by atoms with van der Waals surface area (Å²) in [6.45, 7) is 0. The molecule has 104 valence electrons. The van der Waals surface area contributed by atoms with Crippen molar-refractivity contribution in [3.05, 3.63) is 21.9 Å². The van der Waals surface area contributed by atoms with E-state index in [0.29, 0.717) is 17.4 Å². The molecule has 0 radical (unpaired) electrons. The highest BCUT2D eigenvalue weighted by Gasteiger charge is 2.40. The highest BCUT2D eigenvalue weighted by molar-refractivity contribution is 7.10. The summed E-state index contributed by atoms with van der Waals surface area (Å²) >= 11 is 0.505. The molecule has 1 unspecified atom stereocenters. The third-order valence-corrected chi connectivity index (χ3v) is 3.25. The number of carbonyl (C=O) groups excluding carboxylic acids is 1. The number of alkyl halides is 3. The smallest absolute Gasteiger partial charge is 0.417 e. The van der Waals surface area contributed by atoms with Gasteiger partial charge in [-0.2, -0.15) is 13.2 Å². The van der Waals surface area contributed by atoms with Crippen molar-refractivity contribution in [1.29, 1.82) is 0 Å². The number of rotatable bonds is 5. The van der Waals surface area contributed by atoms with E-state index in [1.165, 1.54) is 0 Å². The van der Waals surface area contributed by atoms with Crippen LogP contribution in [0.3, 0.4) is 0 Å². The van der Waals surface area contributed by atoms with Gasteiger partial charge in [-0.25, -0.2) is 4.79 Å². The number of halogens is 3. The molecular weight excluding hydrogens is 289 g/mol. The second kappa shape index (κ2) is 5.39. The van der Waals surface area contributed by atoms with Crippen LogP contribution in [0.15, 0.2) is 11.4 Å². The number of ketones is 1. The molecule has 1 aromatic heterocycles. The van der Waals surface area contributed by atoms with Gasteiger partial charge in [0.2, 0.25) is 5.78 Å². The van der Waals surface area contributed by atoms with Crippen molar-refractivity contribution < 1.29 is 37.8 Å². The van der Waals surface area contributed by atoms with E-state index >= 15 is 0 Å². The molecule has 0 saturated heterocycles. The summed E-state index contributed by atoms with van der Waals surface area (Å²) in [5.41, 5.74) is -1.18. The first-order valence-corrected chi connectivity index (χ1v) is 5.66. The molecule has 19 heavy (non-hydrogen) atoms. The van der Waals surface area contributed by atoms with Crippen LogP contribution in [0.25, 0.3) is 0 Å². The second-order valence-electron chi connectivity index (χ2n) is 3.52. The van der Waals surface area contributed by atoms with Gasteiger partial charge in [0, 0.05) is 4.88 Å². The lowest BCUT2D eigenvalue weighted by Gasteiger charge is -2.14. The Morgan fingerprint density at radius 1 is 1.26 bits per heavy atom. The van der Waals surface area contributed by atoms with Crippen LogP contribution in [0.5, 0.6) is 0 Å². The highest BCUT2D eigenvalue weighted by atomic mass is 32.1. The summed E-state index contributed by atoms with van der Waals surface area (Å²) in [6, 6.07) is 0.685. The van der Waals surface area contributed by atoms with Gasteiger partial charge in [-0.3, -0.25) is 9.59 Å². The van der Waals surface area contributed by atoms with Crippen LogP contribution in [0.2, 0.25) is 0 Å².